The summed E-state index contributed by atoms with van der Waals surface area (Å²) >= 11 is 0. The number of rotatable bonds is 3. The summed E-state index contributed by atoms with van der Waals surface area (Å²) in [6.07, 6.45) is 0.523. The lowest BCUT2D eigenvalue weighted by atomic mass is 10.5. The Morgan fingerprint density at radius 2 is 2.60 bits per heavy atom. The van der Waals surface area contributed by atoms with E-state index in [0.717, 1.165) is 0 Å². The average molecular weight is 144 g/mol. The molecule has 0 aliphatic heterocycles. The summed E-state index contributed by atoms with van der Waals surface area (Å²) in [4.78, 5) is 13.8. The minimum Gasteiger partial charge on any atom is -0.384 e. The molecule has 56 valence electrons. The van der Waals surface area contributed by atoms with Gasteiger partial charge in [0.15, 0.2) is 0 Å². The van der Waals surface area contributed by atoms with Crippen molar-refractivity contribution in [3.8, 4) is 0 Å². The fraction of sp³-hybridized carbons (Fsp3) is 0.600. The number of H-pyrrole nitrogens is 1. The molecule has 10 heavy (non-hydrogen) atoms. The highest BCUT2D eigenvalue weighted by Gasteiger charge is 1.98. The first-order chi connectivity index (χ1) is 4.83. The lowest BCUT2D eigenvalue weighted by Crippen LogP contribution is -2.02. The van der Waals surface area contributed by atoms with E-state index in [9.17, 15) is 4.79 Å². The van der Waals surface area contributed by atoms with Crippen molar-refractivity contribution in [2.45, 2.75) is 6.42 Å². The summed E-state index contributed by atoms with van der Waals surface area (Å²) in [5.41, 5.74) is -0.453. The smallest absolute Gasteiger partial charge is 0.377 e. The average Bonchev–Trinajstić information content (AvgIpc) is 2.31. The van der Waals surface area contributed by atoms with Gasteiger partial charge in [-0.25, -0.2) is 4.79 Å². The Labute approximate surface area is 57.0 Å². The van der Waals surface area contributed by atoms with E-state index < -0.39 is 5.69 Å². The molecule has 0 unspecified atom stereocenters. The van der Waals surface area contributed by atoms with Crippen molar-refractivity contribution in [1.82, 2.24) is 10.1 Å². The molecule has 0 aliphatic carbocycles. The molecule has 0 bridgehead atoms. The number of aromatic nitrogens is 2. The summed E-state index contributed by atoms with van der Waals surface area (Å²) in [5.74, 6) is 0.381. The predicted octanol–water partition coefficient (Wildman–Crippen LogP) is -0.448. The van der Waals surface area contributed by atoms with E-state index in [-0.39, 0.29) is 0 Å². The number of methoxy groups -OCH3 is 1. The maximum Gasteiger partial charge on any atom is 0.377 e. The standard InChI is InChI=1S/C5H8N2O3/c1-9-3-2-4-6-5(8)7-10-4/h2-3H2,1H3,(H,7,8). The summed E-state index contributed by atoms with van der Waals surface area (Å²) in [7, 11) is 1.57. The molecule has 0 aliphatic rings. The Morgan fingerprint density at radius 1 is 1.80 bits per heavy atom. The molecule has 0 saturated carbocycles. The molecule has 5 heteroatoms. The summed E-state index contributed by atoms with van der Waals surface area (Å²) in [5, 5.41) is 2.08. The van der Waals surface area contributed by atoms with E-state index in [1.54, 1.807) is 7.11 Å². The summed E-state index contributed by atoms with van der Waals surface area (Å²) < 4.78 is 9.38. The van der Waals surface area contributed by atoms with E-state index in [1.165, 1.54) is 0 Å². The van der Waals surface area contributed by atoms with Crippen LogP contribution in [0, 0.1) is 0 Å². The van der Waals surface area contributed by atoms with Crippen molar-refractivity contribution in [2.24, 2.45) is 0 Å². The van der Waals surface area contributed by atoms with Gasteiger partial charge in [0.2, 0.25) is 5.89 Å². The van der Waals surface area contributed by atoms with Crippen molar-refractivity contribution in [1.29, 1.82) is 0 Å². The maximum atomic E-state index is 10.4. The van der Waals surface area contributed by atoms with Gasteiger partial charge in [-0.15, -0.1) is 0 Å². The minimum atomic E-state index is -0.453. The van der Waals surface area contributed by atoms with E-state index in [1.807, 2.05) is 0 Å². The third-order valence-corrected chi connectivity index (χ3v) is 1.00. The van der Waals surface area contributed by atoms with Gasteiger partial charge in [0.05, 0.1) is 13.0 Å². The Bertz CT molecular complexity index is 239. The quantitative estimate of drug-likeness (QED) is 0.624. The van der Waals surface area contributed by atoms with Crippen LogP contribution in [-0.2, 0) is 11.2 Å². The minimum absolute atomic E-state index is 0.381. The number of nitrogens with zero attached hydrogens (tertiary/aromatic N) is 1. The molecule has 0 radical (unpaired) electrons. The predicted molar refractivity (Wildman–Crippen MR) is 32.7 cm³/mol. The molecule has 1 aromatic rings. The summed E-state index contributed by atoms with van der Waals surface area (Å²) in [6, 6.07) is 0. The van der Waals surface area contributed by atoms with E-state index in [0.29, 0.717) is 18.9 Å². The highest BCUT2D eigenvalue weighted by molar-refractivity contribution is 4.73. The van der Waals surface area contributed by atoms with Gasteiger partial charge in [-0.05, 0) is 0 Å². The van der Waals surface area contributed by atoms with Crippen molar-refractivity contribution >= 4 is 0 Å². The van der Waals surface area contributed by atoms with Crippen LogP contribution in [0.5, 0.6) is 0 Å². The van der Waals surface area contributed by atoms with Crippen molar-refractivity contribution < 1.29 is 9.26 Å². The number of hydrogen-bond donors (Lipinski definition) is 1. The first kappa shape index (κ1) is 7.01. The van der Waals surface area contributed by atoms with E-state index in [4.69, 9.17) is 4.74 Å². The van der Waals surface area contributed by atoms with Gasteiger partial charge in [-0.2, -0.15) is 10.1 Å². The van der Waals surface area contributed by atoms with Gasteiger partial charge in [0, 0.05) is 7.11 Å². The highest BCUT2D eigenvalue weighted by Crippen LogP contribution is 1.88. The highest BCUT2D eigenvalue weighted by atomic mass is 16.5. The molecule has 1 N–H and O–H groups in total. The first-order valence-electron chi connectivity index (χ1n) is 2.86. The zero-order valence-electron chi connectivity index (χ0n) is 5.59. The Morgan fingerprint density at radius 3 is 3.10 bits per heavy atom. The van der Waals surface area contributed by atoms with Gasteiger partial charge in [-0.1, -0.05) is 0 Å². The van der Waals surface area contributed by atoms with Gasteiger partial charge in [0.25, 0.3) is 0 Å². The van der Waals surface area contributed by atoms with E-state index >= 15 is 0 Å². The number of aromatic amines is 1. The van der Waals surface area contributed by atoms with Crippen LogP contribution in [0.1, 0.15) is 5.89 Å². The van der Waals surface area contributed by atoms with Crippen LogP contribution in [0.15, 0.2) is 9.32 Å². The molecular weight excluding hydrogens is 136 g/mol. The van der Waals surface area contributed by atoms with Crippen molar-refractivity contribution in [2.75, 3.05) is 13.7 Å². The Hall–Kier alpha value is -1.10. The zero-order chi connectivity index (χ0) is 7.40. The van der Waals surface area contributed by atoms with Gasteiger partial charge in [0.1, 0.15) is 0 Å². The van der Waals surface area contributed by atoms with Crippen LogP contribution < -0.4 is 5.69 Å². The lowest BCUT2D eigenvalue weighted by Gasteiger charge is -1.89. The molecule has 0 saturated heterocycles. The zero-order valence-corrected chi connectivity index (χ0v) is 5.59. The third-order valence-electron chi connectivity index (χ3n) is 1.00. The van der Waals surface area contributed by atoms with Crippen LogP contribution in [0.2, 0.25) is 0 Å². The fourth-order valence-electron chi connectivity index (χ4n) is 0.558. The van der Waals surface area contributed by atoms with Gasteiger partial charge in [-0.3, -0.25) is 0 Å². The molecule has 0 amide bonds. The Balaban J connectivity index is 2.50. The van der Waals surface area contributed by atoms with Crippen LogP contribution >= 0.6 is 0 Å². The normalized spacial score (nSPS) is 10.1. The lowest BCUT2D eigenvalue weighted by molar-refractivity contribution is 0.192. The van der Waals surface area contributed by atoms with Gasteiger partial charge < -0.3 is 9.26 Å². The van der Waals surface area contributed by atoms with Crippen LogP contribution in [0.3, 0.4) is 0 Å². The van der Waals surface area contributed by atoms with Gasteiger partial charge >= 0.3 is 5.69 Å². The maximum absolute atomic E-state index is 10.4. The Kier molecular flexibility index (Phi) is 2.22. The number of ether oxygens (including phenoxy) is 1. The number of hydrogen-bond acceptors (Lipinski definition) is 4. The summed E-state index contributed by atoms with van der Waals surface area (Å²) in [6.45, 7) is 0.508. The number of nitrogens with one attached hydrogen (secondary N) is 1. The van der Waals surface area contributed by atoms with Crippen LogP contribution in [0.4, 0.5) is 0 Å². The van der Waals surface area contributed by atoms with E-state index in [2.05, 4.69) is 14.7 Å². The van der Waals surface area contributed by atoms with Crippen molar-refractivity contribution in [3.05, 3.63) is 16.4 Å². The second-order valence-corrected chi connectivity index (χ2v) is 1.76. The molecule has 1 heterocycles. The molecular formula is C5H8N2O3. The SMILES string of the molecule is COCCc1nc(=O)[nH]o1. The second-order valence-electron chi connectivity index (χ2n) is 1.76. The first-order valence-corrected chi connectivity index (χ1v) is 2.86. The second kappa shape index (κ2) is 3.17. The largest absolute Gasteiger partial charge is 0.384 e. The topological polar surface area (TPSA) is 68.1 Å². The molecule has 0 fully saturated rings. The molecule has 0 atom stereocenters. The van der Waals surface area contributed by atoms with Crippen molar-refractivity contribution in [3.63, 3.8) is 0 Å². The monoisotopic (exact) mass is 144 g/mol. The fourth-order valence-corrected chi connectivity index (χ4v) is 0.558. The molecule has 0 aromatic carbocycles. The third kappa shape index (κ3) is 1.70. The van der Waals surface area contributed by atoms with Crippen LogP contribution in [-0.4, -0.2) is 23.9 Å². The molecule has 5 nitrogen and oxygen atoms in total. The molecule has 1 rings (SSSR count). The molecule has 0 spiro atoms. The van der Waals surface area contributed by atoms with Crippen LogP contribution in [0.25, 0.3) is 0 Å². The molecule has 1 aromatic heterocycles.